The maximum absolute atomic E-state index is 2.69. The van der Waals surface area contributed by atoms with E-state index in [1.54, 1.807) is 5.56 Å². The first-order chi connectivity index (χ1) is 36.6. The molecule has 0 bridgehead atoms. The molecule has 0 aromatic heterocycles. The van der Waals surface area contributed by atoms with Gasteiger partial charge in [0.25, 0.3) is 0 Å². The molecule has 0 amide bonds. The molecule has 0 spiro atoms. The molecule has 75 heavy (non-hydrogen) atoms. The van der Waals surface area contributed by atoms with Crippen molar-refractivity contribution in [1.29, 1.82) is 0 Å². The second-order valence-electron chi connectivity index (χ2n) is 25.2. The summed E-state index contributed by atoms with van der Waals surface area (Å²) in [4.78, 5) is 0. The van der Waals surface area contributed by atoms with Crippen LogP contribution in [0.3, 0.4) is 0 Å². The SMILES string of the molecule is CCCCCCCCCCCCC(c1ccccc1)[N+](C(CCCCCCCC)CCCCCCCCC)(C(CCCCCCCC)CCCCCCCCC)C(CCCCCCCC)CCCCCCCCC.[Cl-]. The summed E-state index contributed by atoms with van der Waals surface area (Å²) in [5.74, 6) is 0. The number of hydrogen-bond acceptors (Lipinski definition) is 0. The summed E-state index contributed by atoms with van der Waals surface area (Å²) in [5.41, 5.74) is 1.75. The third kappa shape index (κ3) is 38.7. The summed E-state index contributed by atoms with van der Waals surface area (Å²) in [6, 6.07) is 15.7. The van der Waals surface area contributed by atoms with E-state index in [-0.39, 0.29) is 12.4 Å². The Morgan fingerprint density at radius 1 is 0.227 bits per heavy atom. The number of nitrogens with zero attached hydrogens (tertiary/aromatic N) is 1. The molecule has 0 fully saturated rings. The van der Waals surface area contributed by atoms with E-state index in [0.29, 0.717) is 6.04 Å². The molecule has 0 aliphatic rings. The molecule has 0 heterocycles. The number of quaternary nitrogens is 1. The van der Waals surface area contributed by atoms with E-state index in [2.05, 4.69) is 78.8 Å². The van der Waals surface area contributed by atoms with E-state index in [4.69, 9.17) is 0 Å². The van der Waals surface area contributed by atoms with Gasteiger partial charge in [0.2, 0.25) is 0 Å². The molecule has 0 radical (unpaired) electrons. The van der Waals surface area contributed by atoms with Crippen LogP contribution in [0.1, 0.15) is 420 Å². The van der Waals surface area contributed by atoms with Crippen molar-refractivity contribution < 1.29 is 16.9 Å². The Morgan fingerprint density at radius 3 is 0.600 bits per heavy atom. The quantitative estimate of drug-likeness (QED) is 0.0451. The predicted octanol–water partition coefficient (Wildman–Crippen LogP) is 23.6. The van der Waals surface area contributed by atoms with Gasteiger partial charge in [0.1, 0.15) is 6.04 Å². The number of hydrogen-bond donors (Lipinski definition) is 0. The van der Waals surface area contributed by atoms with Crippen molar-refractivity contribution in [3.8, 4) is 0 Å². The van der Waals surface area contributed by atoms with Crippen molar-refractivity contribution in [2.45, 2.75) is 432 Å². The summed E-state index contributed by atoms with van der Waals surface area (Å²) in [5, 5.41) is 0. The minimum atomic E-state index is 0. The Bertz CT molecular complexity index is 1100. The van der Waals surface area contributed by atoms with Gasteiger partial charge >= 0.3 is 0 Å². The zero-order chi connectivity index (χ0) is 53.5. The lowest BCUT2D eigenvalue weighted by Gasteiger charge is -2.60. The number of halogens is 1. The summed E-state index contributed by atoms with van der Waals surface area (Å²) in [6.45, 7) is 16.8. The van der Waals surface area contributed by atoms with Gasteiger partial charge in [0, 0.05) is 12.0 Å². The maximum Gasteiger partial charge on any atom is 0.115 e. The van der Waals surface area contributed by atoms with Crippen molar-refractivity contribution in [3.63, 3.8) is 0 Å². The molecule has 2 heteroatoms. The number of unbranched alkanes of at least 4 members (excludes halogenated alkanes) is 42. The van der Waals surface area contributed by atoms with Crippen LogP contribution >= 0.6 is 0 Å². The molecule has 0 saturated heterocycles. The zero-order valence-electron chi connectivity index (χ0n) is 53.1. The monoisotopic (exact) mass is 1070 g/mol. The fourth-order valence-corrected chi connectivity index (χ4v) is 14.1. The molecule has 446 valence electrons. The van der Waals surface area contributed by atoms with Crippen LogP contribution in [0, 0.1) is 0 Å². The lowest BCUT2D eigenvalue weighted by molar-refractivity contribution is -1.02. The highest BCUT2D eigenvalue weighted by atomic mass is 35.5. The highest BCUT2D eigenvalue weighted by molar-refractivity contribution is 5.18. The first-order valence-electron chi connectivity index (χ1n) is 35.5. The van der Waals surface area contributed by atoms with E-state index in [1.807, 2.05) is 0 Å². The summed E-state index contributed by atoms with van der Waals surface area (Å²) >= 11 is 0. The Kier molecular flexibility index (Phi) is 57.7. The van der Waals surface area contributed by atoms with Crippen molar-refractivity contribution >= 4 is 0 Å². The van der Waals surface area contributed by atoms with Gasteiger partial charge < -0.3 is 16.9 Å². The van der Waals surface area contributed by atoms with Gasteiger partial charge in [-0.1, -0.05) is 348 Å². The third-order valence-corrected chi connectivity index (χ3v) is 18.5. The maximum atomic E-state index is 2.69. The molecule has 1 aromatic rings. The van der Waals surface area contributed by atoms with Crippen LogP contribution < -0.4 is 12.4 Å². The predicted molar refractivity (Wildman–Crippen MR) is 339 cm³/mol. The Morgan fingerprint density at radius 2 is 0.400 bits per heavy atom. The number of rotatable bonds is 61. The molecule has 1 nitrogen and oxygen atoms in total. The highest BCUT2D eigenvalue weighted by Crippen LogP contribution is 2.49. The van der Waals surface area contributed by atoms with E-state index < -0.39 is 0 Å². The van der Waals surface area contributed by atoms with Crippen LogP contribution in [0.4, 0.5) is 0 Å². The van der Waals surface area contributed by atoms with Gasteiger partial charge in [-0.2, -0.15) is 0 Å². The highest BCUT2D eigenvalue weighted by Gasteiger charge is 2.53. The molecule has 0 saturated carbocycles. The van der Waals surface area contributed by atoms with Crippen LogP contribution in [-0.2, 0) is 0 Å². The second kappa shape index (κ2) is 58.1. The smallest absolute Gasteiger partial charge is 0.115 e. The standard InChI is InChI=1S/C73H142N.ClH/c1-8-15-22-29-36-37-38-42-49-59-68-73(69-60-51-50-52-61-69)74(70(62-53-43-33-26-19-12-5)65-56-46-39-30-23-16-9-2,71(63-54-44-34-27-20-13-6)66-57-47-40-31-24-17-10-3)72(64-55-45-35-28-21-14-7)67-58-48-41-32-25-18-11-4;/h50-52,60-61,70-73H,8-49,53-59,62-68H2,1-7H3;1H/q+1;/p-1. The molecule has 0 N–H and O–H groups in total. The first kappa shape index (κ1) is 74.5. The van der Waals surface area contributed by atoms with Crippen LogP contribution in [-0.4, -0.2) is 22.6 Å². The van der Waals surface area contributed by atoms with Gasteiger partial charge in [0.05, 0.1) is 18.1 Å². The topological polar surface area (TPSA) is 0 Å². The molecule has 0 aliphatic heterocycles. The lowest BCUT2D eigenvalue weighted by atomic mass is 9.79. The van der Waals surface area contributed by atoms with Gasteiger partial charge in [-0.3, -0.25) is 0 Å². The lowest BCUT2D eigenvalue weighted by Crippen LogP contribution is -3.00. The molecule has 4 unspecified atom stereocenters. The van der Waals surface area contributed by atoms with Crippen LogP contribution in [0.25, 0.3) is 0 Å². The van der Waals surface area contributed by atoms with Crippen LogP contribution in [0.5, 0.6) is 0 Å². The van der Waals surface area contributed by atoms with Crippen molar-refractivity contribution in [2.24, 2.45) is 0 Å². The fourth-order valence-electron chi connectivity index (χ4n) is 14.1. The molecule has 1 rings (SSSR count). The van der Waals surface area contributed by atoms with Crippen LogP contribution in [0.2, 0.25) is 0 Å². The van der Waals surface area contributed by atoms with Gasteiger partial charge in [-0.15, -0.1) is 0 Å². The van der Waals surface area contributed by atoms with E-state index in [1.165, 1.54) is 364 Å². The molecule has 4 atom stereocenters. The fraction of sp³-hybridized carbons (Fsp3) is 0.918. The number of benzene rings is 1. The Hall–Kier alpha value is -0.530. The van der Waals surface area contributed by atoms with Crippen LogP contribution in [0.15, 0.2) is 30.3 Å². The van der Waals surface area contributed by atoms with Crippen molar-refractivity contribution in [1.82, 2.24) is 0 Å². The minimum absolute atomic E-state index is 0. The third-order valence-electron chi connectivity index (χ3n) is 18.5. The summed E-state index contributed by atoms with van der Waals surface area (Å²) in [7, 11) is 0. The van der Waals surface area contributed by atoms with E-state index in [9.17, 15) is 0 Å². The van der Waals surface area contributed by atoms with E-state index in [0.717, 1.165) is 18.1 Å². The molecular weight excluding hydrogens is 926 g/mol. The zero-order valence-corrected chi connectivity index (χ0v) is 53.9. The van der Waals surface area contributed by atoms with E-state index >= 15 is 0 Å². The molecule has 1 aromatic carbocycles. The van der Waals surface area contributed by atoms with Gasteiger partial charge in [0.15, 0.2) is 0 Å². The largest absolute Gasteiger partial charge is 1.00 e. The minimum Gasteiger partial charge on any atom is -1.00 e. The second-order valence-corrected chi connectivity index (χ2v) is 25.2. The average molecular weight is 1070 g/mol. The normalized spacial score (nSPS) is 14.2. The van der Waals surface area contributed by atoms with Gasteiger partial charge in [-0.05, 0) is 83.5 Å². The Balaban J connectivity index is 0.0000548. The van der Waals surface area contributed by atoms with Crippen molar-refractivity contribution in [3.05, 3.63) is 35.9 Å². The van der Waals surface area contributed by atoms with Crippen molar-refractivity contribution in [2.75, 3.05) is 0 Å². The molecule has 0 aliphatic carbocycles. The first-order valence-corrected chi connectivity index (χ1v) is 35.5. The Labute approximate surface area is 482 Å². The summed E-state index contributed by atoms with van der Waals surface area (Å²) < 4.78 is 1.50. The summed E-state index contributed by atoms with van der Waals surface area (Å²) in [6.07, 6.45) is 80.8. The average Bonchev–Trinajstić information content (AvgIpc) is 3.42. The van der Waals surface area contributed by atoms with Gasteiger partial charge in [-0.25, -0.2) is 0 Å². The molecular formula is C73H142ClN.